The Morgan fingerprint density at radius 2 is 2.12 bits per heavy atom. The molecule has 0 atom stereocenters. The van der Waals surface area contributed by atoms with Crippen LogP contribution in [0.1, 0.15) is 23.4 Å². The summed E-state index contributed by atoms with van der Waals surface area (Å²) in [5.41, 5.74) is 0.287. The predicted molar refractivity (Wildman–Crippen MR) is 62.7 cm³/mol. The Hall–Kier alpha value is -1.41. The Morgan fingerprint density at radius 3 is 2.50 bits per heavy atom. The van der Waals surface area contributed by atoms with E-state index in [9.17, 15) is 10.1 Å². The number of rotatable bonds is 2. The maximum atomic E-state index is 11.1. The number of anilines is 1. The Kier molecular flexibility index (Phi) is 2.47. The van der Waals surface area contributed by atoms with Gasteiger partial charge in [-0.1, -0.05) is 11.3 Å². The van der Waals surface area contributed by atoms with Gasteiger partial charge in [-0.25, -0.2) is 4.98 Å². The molecule has 0 N–H and O–H groups in total. The van der Waals surface area contributed by atoms with Crippen molar-refractivity contribution < 1.29 is 4.79 Å². The quantitative estimate of drug-likeness (QED) is 0.782. The SMILES string of the molecule is Cc1nc(N(C)C)sc1C1(C#N)CC(=O)C1. The third-order valence-corrected chi connectivity index (χ3v) is 4.34. The van der Waals surface area contributed by atoms with Gasteiger partial charge in [0.25, 0.3) is 0 Å². The van der Waals surface area contributed by atoms with Crippen molar-refractivity contribution in [3.8, 4) is 6.07 Å². The molecule has 2 rings (SSSR count). The fourth-order valence-corrected chi connectivity index (χ4v) is 3.06. The minimum Gasteiger partial charge on any atom is -0.354 e. The van der Waals surface area contributed by atoms with E-state index in [1.807, 2.05) is 25.9 Å². The minimum absolute atomic E-state index is 0.167. The lowest BCUT2D eigenvalue weighted by molar-refractivity contribution is -0.126. The molecule has 4 nitrogen and oxygen atoms in total. The molecule has 84 valence electrons. The number of Topliss-reactive ketones (excluding diaryl/α,β-unsaturated/α-hetero) is 1. The first-order chi connectivity index (χ1) is 7.48. The Balaban J connectivity index is 2.41. The monoisotopic (exact) mass is 235 g/mol. The van der Waals surface area contributed by atoms with Gasteiger partial charge >= 0.3 is 0 Å². The molecule has 0 unspecified atom stereocenters. The van der Waals surface area contributed by atoms with Gasteiger partial charge in [0, 0.05) is 26.9 Å². The van der Waals surface area contributed by atoms with Crippen molar-refractivity contribution in [3.63, 3.8) is 0 Å². The molecule has 5 heteroatoms. The van der Waals surface area contributed by atoms with Crippen molar-refractivity contribution in [1.82, 2.24) is 4.98 Å². The number of nitrogens with zero attached hydrogens (tertiary/aromatic N) is 3. The number of thiazole rings is 1. The average molecular weight is 235 g/mol. The van der Waals surface area contributed by atoms with Crippen molar-refractivity contribution in [2.45, 2.75) is 25.2 Å². The molecular weight excluding hydrogens is 222 g/mol. The number of hydrogen-bond acceptors (Lipinski definition) is 5. The number of nitriles is 1. The van der Waals surface area contributed by atoms with Crippen LogP contribution in [0.3, 0.4) is 0 Å². The maximum absolute atomic E-state index is 11.1. The van der Waals surface area contributed by atoms with E-state index in [0.29, 0.717) is 12.8 Å². The summed E-state index contributed by atoms with van der Waals surface area (Å²) in [6.07, 6.45) is 0.693. The van der Waals surface area contributed by atoms with Crippen LogP contribution in [0.5, 0.6) is 0 Å². The van der Waals surface area contributed by atoms with E-state index in [-0.39, 0.29) is 5.78 Å². The van der Waals surface area contributed by atoms with Crippen LogP contribution >= 0.6 is 11.3 Å². The van der Waals surface area contributed by atoms with E-state index in [4.69, 9.17) is 0 Å². The zero-order valence-electron chi connectivity index (χ0n) is 9.57. The molecule has 0 bridgehead atoms. The summed E-state index contributed by atoms with van der Waals surface area (Å²) < 4.78 is 0. The summed E-state index contributed by atoms with van der Waals surface area (Å²) in [4.78, 5) is 18.4. The van der Waals surface area contributed by atoms with Gasteiger partial charge in [0.1, 0.15) is 11.2 Å². The number of carbonyl (C=O) groups is 1. The second kappa shape index (κ2) is 3.56. The van der Waals surface area contributed by atoms with Crippen LogP contribution in [0, 0.1) is 18.3 Å². The third-order valence-electron chi connectivity index (χ3n) is 2.81. The highest BCUT2D eigenvalue weighted by atomic mass is 32.1. The van der Waals surface area contributed by atoms with E-state index in [1.54, 1.807) is 0 Å². The summed E-state index contributed by atoms with van der Waals surface area (Å²) in [6, 6.07) is 2.29. The van der Waals surface area contributed by atoms with Crippen LogP contribution < -0.4 is 4.90 Å². The van der Waals surface area contributed by atoms with Crippen molar-refractivity contribution >= 4 is 22.3 Å². The molecule has 1 aromatic rings. The van der Waals surface area contributed by atoms with Gasteiger partial charge in [0.15, 0.2) is 5.13 Å². The summed E-state index contributed by atoms with van der Waals surface area (Å²) >= 11 is 1.52. The number of ketones is 1. The molecule has 0 aliphatic heterocycles. The van der Waals surface area contributed by atoms with Crippen LogP contribution in [0.15, 0.2) is 0 Å². The average Bonchev–Trinajstić information content (AvgIpc) is 2.56. The van der Waals surface area contributed by atoms with E-state index >= 15 is 0 Å². The lowest BCUT2D eigenvalue weighted by Crippen LogP contribution is -2.40. The smallest absolute Gasteiger partial charge is 0.185 e. The topological polar surface area (TPSA) is 57.0 Å². The summed E-state index contributed by atoms with van der Waals surface area (Å²) in [5.74, 6) is 0.167. The second-order valence-corrected chi connectivity index (χ2v) is 5.37. The number of hydrogen-bond donors (Lipinski definition) is 0. The van der Waals surface area contributed by atoms with E-state index < -0.39 is 5.41 Å². The van der Waals surface area contributed by atoms with Crippen molar-refractivity contribution in [1.29, 1.82) is 5.26 Å². The third kappa shape index (κ3) is 1.50. The molecule has 1 aliphatic rings. The fourth-order valence-electron chi connectivity index (χ4n) is 1.93. The van der Waals surface area contributed by atoms with Crippen LogP contribution in [0.2, 0.25) is 0 Å². The first-order valence-corrected chi connectivity index (χ1v) is 5.88. The maximum Gasteiger partial charge on any atom is 0.185 e. The van der Waals surface area contributed by atoms with Gasteiger partial charge in [-0.05, 0) is 6.92 Å². The fraction of sp³-hybridized carbons (Fsp3) is 0.545. The number of aryl methyl sites for hydroxylation is 1. The molecule has 16 heavy (non-hydrogen) atoms. The molecule has 0 radical (unpaired) electrons. The van der Waals surface area contributed by atoms with Gasteiger partial charge < -0.3 is 4.90 Å². The Morgan fingerprint density at radius 1 is 1.50 bits per heavy atom. The van der Waals surface area contributed by atoms with Crippen molar-refractivity contribution in [3.05, 3.63) is 10.6 Å². The number of aromatic nitrogens is 1. The standard InChI is InChI=1S/C11H13N3OS/c1-7-9(16-10(13-7)14(2)3)11(6-12)4-8(15)5-11/h4-5H2,1-3H3. The zero-order valence-corrected chi connectivity index (χ0v) is 10.4. The molecule has 1 aliphatic carbocycles. The van der Waals surface area contributed by atoms with Crippen LogP contribution in [-0.2, 0) is 10.2 Å². The molecular formula is C11H13N3OS. The summed E-state index contributed by atoms with van der Waals surface area (Å²) in [5, 5.41) is 10.1. The van der Waals surface area contributed by atoms with Crippen LogP contribution in [-0.4, -0.2) is 24.9 Å². The molecule has 1 fully saturated rings. The first-order valence-electron chi connectivity index (χ1n) is 5.07. The van der Waals surface area contributed by atoms with Crippen molar-refractivity contribution in [2.24, 2.45) is 0 Å². The molecule has 0 spiro atoms. The van der Waals surface area contributed by atoms with Crippen molar-refractivity contribution in [2.75, 3.05) is 19.0 Å². The minimum atomic E-state index is -0.590. The second-order valence-electron chi connectivity index (χ2n) is 4.39. The highest BCUT2D eigenvalue weighted by molar-refractivity contribution is 7.16. The summed E-state index contributed by atoms with van der Waals surface area (Å²) in [7, 11) is 3.85. The Labute approximate surface area is 98.5 Å². The highest BCUT2D eigenvalue weighted by Gasteiger charge is 2.48. The van der Waals surface area contributed by atoms with Gasteiger partial charge in [-0.3, -0.25) is 4.79 Å². The molecule has 1 heterocycles. The van der Waals surface area contributed by atoms with Gasteiger partial charge in [0.2, 0.25) is 0 Å². The van der Waals surface area contributed by atoms with Crippen LogP contribution in [0.4, 0.5) is 5.13 Å². The molecule has 1 saturated carbocycles. The molecule has 1 aromatic heterocycles. The summed E-state index contributed by atoms with van der Waals surface area (Å²) in [6.45, 7) is 1.90. The first kappa shape index (κ1) is 11.1. The zero-order chi connectivity index (χ0) is 11.9. The lowest BCUT2D eigenvalue weighted by Gasteiger charge is -2.32. The number of carbonyl (C=O) groups excluding carboxylic acids is 1. The van der Waals surface area contributed by atoms with Gasteiger partial charge in [-0.15, -0.1) is 0 Å². The predicted octanol–water partition coefficient (Wildman–Crippen LogP) is 1.64. The normalized spacial score (nSPS) is 17.8. The molecule has 0 saturated heterocycles. The van der Waals surface area contributed by atoms with E-state index in [2.05, 4.69) is 11.1 Å². The van der Waals surface area contributed by atoms with E-state index in [0.717, 1.165) is 15.7 Å². The molecule has 0 amide bonds. The lowest BCUT2D eigenvalue weighted by atomic mass is 9.67. The van der Waals surface area contributed by atoms with Gasteiger partial charge in [0.05, 0.1) is 16.6 Å². The van der Waals surface area contributed by atoms with E-state index in [1.165, 1.54) is 11.3 Å². The van der Waals surface area contributed by atoms with Gasteiger partial charge in [-0.2, -0.15) is 5.26 Å². The largest absolute Gasteiger partial charge is 0.354 e. The molecule has 0 aromatic carbocycles. The Bertz CT molecular complexity index is 476. The van der Waals surface area contributed by atoms with Crippen LogP contribution in [0.25, 0.3) is 0 Å². The highest BCUT2D eigenvalue weighted by Crippen LogP contribution is 2.45.